The molecule has 0 atom stereocenters. The van der Waals surface area contributed by atoms with E-state index in [0.717, 1.165) is 16.7 Å². The van der Waals surface area contributed by atoms with Gasteiger partial charge in [-0.1, -0.05) is 24.3 Å². The summed E-state index contributed by atoms with van der Waals surface area (Å²) in [5.74, 6) is 0.499. The minimum atomic E-state index is -0.264. The third-order valence-corrected chi connectivity index (χ3v) is 3.03. The average molecular weight is 272 g/mol. The summed E-state index contributed by atoms with van der Waals surface area (Å²) in [4.78, 5) is 11.2. The molecule has 0 saturated carbocycles. The second-order valence-electron chi connectivity index (χ2n) is 4.33. The number of phenols is 1. The van der Waals surface area contributed by atoms with Gasteiger partial charge in [0.2, 0.25) is 0 Å². The van der Waals surface area contributed by atoms with Crippen LogP contribution in [0.2, 0.25) is 0 Å². The molecule has 0 aliphatic heterocycles. The molecular formula is C16H16O4. The van der Waals surface area contributed by atoms with Crippen LogP contribution >= 0.6 is 0 Å². The van der Waals surface area contributed by atoms with Crippen LogP contribution in [0.25, 0.3) is 11.1 Å². The number of aromatic hydroxyl groups is 1. The molecule has 0 saturated heterocycles. The van der Waals surface area contributed by atoms with E-state index >= 15 is 0 Å². The monoisotopic (exact) mass is 272 g/mol. The zero-order chi connectivity index (χ0) is 14.5. The van der Waals surface area contributed by atoms with Gasteiger partial charge in [0.05, 0.1) is 20.6 Å². The molecule has 0 aliphatic carbocycles. The number of rotatable bonds is 4. The van der Waals surface area contributed by atoms with Gasteiger partial charge in [-0.15, -0.1) is 0 Å². The van der Waals surface area contributed by atoms with Gasteiger partial charge in [-0.05, 0) is 23.3 Å². The standard InChI is InChI=1S/C16H16O4/c1-19-15-10-13(17)7-8-14(15)12-5-3-11(4-6-12)9-16(18)20-2/h3-8,10,17H,9H2,1-2H3. The highest BCUT2D eigenvalue weighted by Crippen LogP contribution is 2.32. The van der Waals surface area contributed by atoms with Crippen molar-refractivity contribution in [3.05, 3.63) is 48.0 Å². The molecule has 0 fully saturated rings. The molecule has 2 aromatic carbocycles. The Morgan fingerprint density at radius 1 is 1.10 bits per heavy atom. The van der Waals surface area contributed by atoms with Crippen LogP contribution in [0.5, 0.6) is 11.5 Å². The van der Waals surface area contributed by atoms with Crippen molar-refractivity contribution < 1.29 is 19.4 Å². The van der Waals surface area contributed by atoms with Gasteiger partial charge in [0.1, 0.15) is 11.5 Å². The maximum Gasteiger partial charge on any atom is 0.309 e. The Labute approximate surface area is 117 Å². The molecule has 0 aliphatic rings. The van der Waals surface area contributed by atoms with Gasteiger partial charge in [0.25, 0.3) is 0 Å². The fraction of sp³-hybridized carbons (Fsp3) is 0.188. The Morgan fingerprint density at radius 2 is 1.80 bits per heavy atom. The summed E-state index contributed by atoms with van der Waals surface area (Å²) >= 11 is 0. The number of benzene rings is 2. The van der Waals surface area contributed by atoms with E-state index in [0.29, 0.717) is 5.75 Å². The topological polar surface area (TPSA) is 55.8 Å². The van der Waals surface area contributed by atoms with Crippen LogP contribution in [0.1, 0.15) is 5.56 Å². The number of hydrogen-bond acceptors (Lipinski definition) is 4. The molecule has 0 radical (unpaired) electrons. The zero-order valence-electron chi connectivity index (χ0n) is 11.4. The van der Waals surface area contributed by atoms with Crippen molar-refractivity contribution in [3.8, 4) is 22.6 Å². The lowest BCUT2D eigenvalue weighted by Gasteiger charge is -2.09. The summed E-state index contributed by atoms with van der Waals surface area (Å²) in [6, 6.07) is 12.5. The van der Waals surface area contributed by atoms with E-state index in [4.69, 9.17) is 4.74 Å². The molecule has 0 amide bonds. The quantitative estimate of drug-likeness (QED) is 0.869. The van der Waals surface area contributed by atoms with Gasteiger partial charge in [-0.3, -0.25) is 4.79 Å². The van der Waals surface area contributed by atoms with E-state index in [1.807, 2.05) is 24.3 Å². The van der Waals surface area contributed by atoms with Crippen molar-refractivity contribution in [1.29, 1.82) is 0 Å². The highest BCUT2D eigenvalue weighted by Gasteiger charge is 2.08. The minimum Gasteiger partial charge on any atom is -0.508 e. The molecule has 2 rings (SSSR count). The SMILES string of the molecule is COC(=O)Cc1ccc(-c2ccc(O)cc2OC)cc1. The van der Waals surface area contributed by atoms with Gasteiger partial charge in [0, 0.05) is 11.6 Å². The van der Waals surface area contributed by atoms with Crippen LogP contribution in [-0.4, -0.2) is 25.3 Å². The number of hydrogen-bond donors (Lipinski definition) is 1. The van der Waals surface area contributed by atoms with E-state index < -0.39 is 0 Å². The summed E-state index contributed by atoms with van der Waals surface area (Å²) in [6.07, 6.45) is 0.253. The van der Waals surface area contributed by atoms with Crippen LogP contribution < -0.4 is 4.74 Å². The van der Waals surface area contributed by atoms with Crippen LogP contribution in [0.3, 0.4) is 0 Å². The molecule has 0 spiro atoms. The lowest BCUT2D eigenvalue weighted by atomic mass is 10.0. The van der Waals surface area contributed by atoms with Gasteiger partial charge in [-0.2, -0.15) is 0 Å². The molecule has 4 nitrogen and oxygen atoms in total. The smallest absolute Gasteiger partial charge is 0.309 e. The summed E-state index contributed by atoms with van der Waals surface area (Å²) in [7, 11) is 2.93. The Kier molecular flexibility index (Phi) is 4.25. The van der Waals surface area contributed by atoms with E-state index in [-0.39, 0.29) is 18.1 Å². The summed E-state index contributed by atoms with van der Waals surface area (Å²) in [6.45, 7) is 0. The minimum absolute atomic E-state index is 0.160. The summed E-state index contributed by atoms with van der Waals surface area (Å²) in [5, 5.41) is 9.45. The second kappa shape index (κ2) is 6.10. The van der Waals surface area contributed by atoms with Crippen molar-refractivity contribution in [3.63, 3.8) is 0 Å². The first-order valence-electron chi connectivity index (χ1n) is 6.17. The van der Waals surface area contributed by atoms with E-state index in [9.17, 15) is 9.90 Å². The highest BCUT2D eigenvalue weighted by atomic mass is 16.5. The van der Waals surface area contributed by atoms with Gasteiger partial charge in [-0.25, -0.2) is 0 Å². The van der Waals surface area contributed by atoms with Crippen LogP contribution in [0.4, 0.5) is 0 Å². The van der Waals surface area contributed by atoms with Gasteiger partial charge in [0.15, 0.2) is 0 Å². The molecule has 2 aromatic rings. The molecule has 0 unspecified atom stereocenters. The van der Waals surface area contributed by atoms with Gasteiger partial charge >= 0.3 is 5.97 Å². The Balaban J connectivity index is 2.28. The first kappa shape index (κ1) is 13.9. The van der Waals surface area contributed by atoms with Crippen LogP contribution in [-0.2, 0) is 16.0 Å². The summed E-state index contributed by atoms with van der Waals surface area (Å²) < 4.78 is 9.89. The number of phenolic OH excluding ortho intramolecular Hbond substituents is 1. The van der Waals surface area contributed by atoms with E-state index in [2.05, 4.69) is 4.74 Å². The number of ether oxygens (including phenoxy) is 2. The highest BCUT2D eigenvalue weighted by molar-refractivity contribution is 5.74. The zero-order valence-corrected chi connectivity index (χ0v) is 11.4. The average Bonchev–Trinajstić information content (AvgIpc) is 2.48. The maximum absolute atomic E-state index is 11.2. The first-order valence-corrected chi connectivity index (χ1v) is 6.17. The fourth-order valence-corrected chi connectivity index (χ4v) is 1.96. The van der Waals surface area contributed by atoms with Gasteiger partial charge < -0.3 is 14.6 Å². The van der Waals surface area contributed by atoms with Crippen molar-refractivity contribution in [1.82, 2.24) is 0 Å². The van der Waals surface area contributed by atoms with Crippen LogP contribution in [0.15, 0.2) is 42.5 Å². The van der Waals surface area contributed by atoms with E-state index in [1.165, 1.54) is 7.11 Å². The number of esters is 1. The maximum atomic E-state index is 11.2. The van der Waals surface area contributed by atoms with Crippen molar-refractivity contribution in [2.45, 2.75) is 6.42 Å². The Bertz CT molecular complexity index is 602. The van der Waals surface area contributed by atoms with Crippen molar-refractivity contribution in [2.24, 2.45) is 0 Å². The van der Waals surface area contributed by atoms with Crippen molar-refractivity contribution >= 4 is 5.97 Å². The molecule has 1 N–H and O–H groups in total. The summed E-state index contributed by atoms with van der Waals surface area (Å²) in [5.41, 5.74) is 2.73. The number of methoxy groups -OCH3 is 2. The van der Waals surface area contributed by atoms with E-state index in [1.54, 1.807) is 25.3 Å². The predicted molar refractivity (Wildman–Crippen MR) is 75.8 cm³/mol. The third-order valence-electron chi connectivity index (χ3n) is 3.03. The lowest BCUT2D eigenvalue weighted by Crippen LogP contribution is -2.04. The molecule has 104 valence electrons. The molecule has 0 bridgehead atoms. The Morgan fingerprint density at radius 3 is 2.40 bits per heavy atom. The Hall–Kier alpha value is -2.49. The first-order chi connectivity index (χ1) is 9.63. The molecule has 0 aromatic heterocycles. The van der Waals surface area contributed by atoms with Crippen LogP contribution in [0, 0.1) is 0 Å². The number of carbonyl (C=O) groups is 1. The molecule has 20 heavy (non-hydrogen) atoms. The molecule has 0 heterocycles. The van der Waals surface area contributed by atoms with Crippen molar-refractivity contribution in [2.75, 3.05) is 14.2 Å². The fourth-order valence-electron chi connectivity index (χ4n) is 1.96. The second-order valence-corrected chi connectivity index (χ2v) is 4.33. The molecule has 4 heteroatoms. The number of carbonyl (C=O) groups excluding carboxylic acids is 1. The lowest BCUT2D eigenvalue weighted by molar-refractivity contribution is -0.139. The predicted octanol–water partition coefficient (Wildman–Crippen LogP) is 2.78. The normalized spacial score (nSPS) is 10.1. The largest absolute Gasteiger partial charge is 0.508 e. The molecular weight excluding hydrogens is 256 g/mol. The third kappa shape index (κ3) is 3.09.